The molecular formula is C23H13Cl4N3O3. The van der Waals surface area contributed by atoms with Crippen molar-refractivity contribution < 1.29 is 14.4 Å². The minimum atomic E-state index is -0.688. The van der Waals surface area contributed by atoms with Gasteiger partial charge >= 0.3 is 0 Å². The lowest BCUT2D eigenvalue weighted by molar-refractivity contribution is -0.120. The molecule has 0 spiro atoms. The Balaban J connectivity index is 1.50. The molecule has 0 saturated heterocycles. The molecule has 0 saturated carbocycles. The molecular weight excluding hydrogens is 508 g/mol. The van der Waals surface area contributed by atoms with Crippen molar-refractivity contribution in [3.63, 3.8) is 0 Å². The molecule has 0 atom stereocenters. The molecule has 2 N–H and O–H groups in total. The van der Waals surface area contributed by atoms with Crippen molar-refractivity contribution in [3.8, 4) is 0 Å². The third kappa shape index (κ3) is 4.56. The number of amides is 3. The number of carbonyl (C=O) groups excluding carboxylic acids is 3. The highest BCUT2D eigenvalue weighted by Crippen LogP contribution is 2.34. The summed E-state index contributed by atoms with van der Waals surface area (Å²) in [6, 6.07) is 17.6. The van der Waals surface area contributed by atoms with E-state index in [0.29, 0.717) is 22.0 Å². The summed E-state index contributed by atoms with van der Waals surface area (Å²) < 4.78 is 0. The van der Waals surface area contributed by atoms with Crippen LogP contribution in [0.1, 0.15) is 10.4 Å². The van der Waals surface area contributed by atoms with Crippen molar-refractivity contribution >= 4 is 81.2 Å². The number of carbonyl (C=O) groups is 3. The quantitative estimate of drug-likeness (QED) is 0.385. The number of rotatable bonds is 5. The second-order valence-corrected chi connectivity index (χ2v) is 8.41. The molecule has 1 aliphatic heterocycles. The fourth-order valence-electron chi connectivity index (χ4n) is 3.11. The maximum Gasteiger partial charge on any atom is 0.283 e. The maximum absolute atomic E-state index is 12.9. The smallest absolute Gasteiger partial charge is 0.283 e. The molecule has 0 aromatic heterocycles. The molecule has 1 aliphatic rings. The van der Waals surface area contributed by atoms with Crippen LogP contribution in [0.25, 0.3) is 0 Å². The van der Waals surface area contributed by atoms with Crippen molar-refractivity contribution in [3.05, 3.63) is 98.1 Å². The zero-order chi connectivity index (χ0) is 23.7. The molecule has 4 rings (SSSR count). The Kier molecular flexibility index (Phi) is 6.63. The van der Waals surface area contributed by atoms with Crippen LogP contribution in [0.4, 0.5) is 17.1 Å². The zero-order valence-electron chi connectivity index (χ0n) is 16.5. The summed E-state index contributed by atoms with van der Waals surface area (Å²) in [6.45, 7) is 0. The van der Waals surface area contributed by atoms with Crippen LogP contribution >= 0.6 is 46.4 Å². The molecule has 3 aromatic carbocycles. The third-order valence-corrected chi connectivity index (χ3v) is 6.23. The van der Waals surface area contributed by atoms with Gasteiger partial charge in [0, 0.05) is 11.3 Å². The van der Waals surface area contributed by atoms with Crippen molar-refractivity contribution in [1.29, 1.82) is 0 Å². The van der Waals surface area contributed by atoms with Crippen molar-refractivity contribution in [2.24, 2.45) is 0 Å². The lowest BCUT2D eigenvalue weighted by atomic mass is 10.2. The fraction of sp³-hybridized carbons (Fsp3) is 0. The minimum absolute atomic E-state index is 0.0931. The molecule has 0 unspecified atom stereocenters. The highest BCUT2D eigenvalue weighted by Gasteiger charge is 2.39. The summed E-state index contributed by atoms with van der Waals surface area (Å²) in [7, 11) is 0. The van der Waals surface area contributed by atoms with Gasteiger partial charge in [-0.2, -0.15) is 0 Å². The van der Waals surface area contributed by atoms with Crippen LogP contribution in [0.15, 0.2) is 77.5 Å². The number of anilines is 3. The Hall–Kier alpha value is -3.03. The van der Waals surface area contributed by atoms with Gasteiger partial charge in [-0.05, 0) is 48.5 Å². The van der Waals surface area contributed by atoms with Gasteiger partial charge in [0.15, 0.2) is 0 Å². The SMILES string of the molecule is O=C(Nc1cccc(Cl)c1Cl)c1ccc(NC2=C(Cl)C(=O)N(c3ccccc3Cl)C2=O)cc1. The summed E-state index contributed by atoms with van der Waals surface area (Å²) in [4.78, 5) is 38.9. The molecule has 0 fully saturated rings. The molecule has 3 aromatic rings. The molecule has 0 bridgehead atoms. The molecule has 0 radical (unpaired) electrons. The first-order valence-corrected chi connectivity index (χ1v) is 10.9. The van der Waals surface area contributed by atoms with Gasteiger partial charge in [0.25, 0.3) is 17.7 Å². The van der Waals surface area contributed by atoms with E-state index >= 15 is 0 Å². The maximum atomic E-state index is 12.9. The first kappa shape index (κ1) is 23.1. The second kappa shape index (κ2) is 9.45. The molecule has 33 heavy (non-hydrogen) atoms. The standard InChI is InChI=1S/C23H13Cl4N3O3/c24-14-4-1-2-7-17(14)30-22(32)19(27)20(23(30)33)28-13-10-8-12(9-11-13)21(31)29-16-6-3-5-15(25)18(16)26/h1-11,28H,(H,29,31). The van der Waals surface area contributed by atoms with E-state index < -0.39 is 17.7 Å². The van der Waals surface area contributed by atoms with Crippen LogP contribution in [0.5, 0.6) is 0 Å². The van der Waals surface area contributed by atoms with Crippen LogP contribution in [-0.2, 0) is 9.59 Å². The van der Waals surface area contributed by atoms with Crippen LogP contribution in [0.2, 0.25) is 15.1 Å². The number of hydrogen-bond donors (Lipinski definition) is 2. The van der Waals surface area contributed by atoms with Gasteiger partial charge in [-0.3, -0.25) is 14.4 Å². The first-order valence-electron chi connectivity index (χ1n) is 9.43. The van der Waals surface area contributed by atoms with Gasteiger partial charge in [-0.25, -0.2) is 4.90 Å². The summed E-state index contributed by atoms with van der Waals surface area (Å²) in [5.41, 5.74) is 1.30. The number of imide groups is 1. The molecule has 1 heterocycles. The molecule has 6 nitrogen and oxygen atoms in total. The van der Waals surface area contributed by atoms with Crippen LogP contribution in [-0.4, -0.2) is 17.7 Å². The van der Waals surface area contributed by atoms with Crippen molar-refractivity contribution in [2.45, 2.75) is 0 Å². The average Bonchev–Trinajstić information content (AvgIpc) is 3.01. The monoisotopic (exact) mass is 519 g/mol. The highest BCUT2D eigenvalue weighted by atomic mass is 35.5. The Morgan fingerprint density at radius 3 is 2.12 bits per heavy atom. The molecule has 166 valence electrons. The van der Waals surface area contributed by atoms with Gasteiger partial charge in [-0.1, -0.05) is 64.6 Å². The summed E-state index contributed by atoms with van der Waals surface area (Å²) in [6.07, 6.45) is 0. The third-order valence-electron chi connectivity index (χ3n) is 4.74. The summed E-state index contributed by atoms with van der Waals surface area (Å²) in [5, 5.41) is 6.06. The molecule has 0 aliphatic carbocycles. The number of halogens is 4. The van der Waals surface area contributed by atoms with Crippen molar-refractivity contribution in [1.82, 2.24) is 0 Å². The number of nitrogens with zero attached hydrogens (tertiary/aromatic N) is 1. The Labute approximate surface area is 208 Å². The second-order valence-electron chi connectivity index (χ2n) is 6.84. The predicted molar refractivity (Wildman–Crippen MR) is 131 cm³/mol. The fourth-order valence-corrected chi connectivity index (χ4v) is 3.89. The van der Waals surface area contributed by atoms with E-state index in [1.807, 2.05) is 0 Å². The lowest BCUT2D eigenvalue weighted by Crippen LogP contribution is -2.32. The van der Waals surface area contributed by atoms with E-state index in [4.69, 9.17) is 46.4 Å². The molecule has 3 amide bonds. The van der Waals surface area contributed by atoms with E-state index in [-0.39, 0.29) is 26.5 Å². The van der Waals surface area contributed by atoms with Crippen molar-refractivity contribution in [2.75, 3.05) is 15.5 Å². The highest BCUT2D eigenvalue weighted by molar-refractivity contribution is 6.53. The Morgan fingerprint density at radius 2 is 1.42 bits per heavy atom. The topological polar surface area (TPSA) is 78.5 Å². The van der Waals surface area contributed by atoms with E-state index in [0.717, 1.165) is 4.90 Å². The van der Waals surface area contributed by atoms with E-state index in [2.05, 4.69) is 10.6 Å². The predicted octanol–water partition coefficient (Wildman–Crippen LogP) is 6.33. The zero-order valence-corrected chi connectivity index (χ0v) is 19.6. The Morgan fingerprint density at radius 1 is 0.758 bits per heavy atom. The minimum Gasteiger partial charge on any atom is -0.350 e. The van der Waals surface area contributed by atoms with E-state index in [9.17, 15) is 14.4 Å². The molecule has 10 heteroatoms. The normalized spacial score (nSPS) is 13.5. The van der Waals surface area contributed by atoms with Gasteiger partial charge in [0.2, 0.25) is 0 Å². The van der Waals surface area contributed by atoms with Crippen LogP contribution < -0.4 is 15.5 Å². The van der Waals surface area contributed by atoms with Gasteiger partial charge in [0.1, 0.15) is 10.7 Å². The number of nitrogens with one attached hydrogen (secondary N) is 2. The van der Waals surface area contributed by atoms with E-state index in [1.54, 1.807) is 54.6 Å². The summed E-state index contributed by atoms with van der Waals surface area (Å²) in [5.74, 6) is -1.73. The van der Waals surface area contributed by atoms with Crippen LogP contribution in [0.3, 0.4) is 0 Å². The number of benzene rings is 3. The average molecular weight is 521 g/mol. The number of para-hydroxylation sites is 1. The van der Waals surface area contributed by atoms with E-state index in [1.165, 1.54) is 12.1 Å². The largest absolute Gasteiger partial charge is 0.350 e. The lowest BCUT2D eigenvalue weighted by Gasteiger charge is -2.16. The Bertz CT molecular complexity index is 1320. The van der Waals surface area contributed by atoms with Gasteiger partial charge in [0.05, 0.1) is 26.4 Å². The van der Waals surface area contributed by atoms with Crippen LogP contribution in [0, 0.1) is 0 Å². The first-order chi connectivity index (χ1) is 15.8. The number of hydrogen-bond acceptors (Lipinski definition) is 4. The van der Waals surface area contributed by atoms with Gasteiger partial charge in [-0.15, -0.1) is 0 Å². The van der Waals surface area contributed by atoms with Gasteiger partial charge < -0.3 is 10.6 Å². The summed E-state index contributed by atoms with van der Waals surface area (Å²) >= 11 is 24.3.